The van der Waals surface area contributed by atoms with E-state index < -0.39 is 124 Å². The van der Waals surface area contributed by atoms with Crippen LogP contribution in [-0.4, -0.2) is 196 Å². The molecule has 12 aliphatic heterocycles. The van der Waals surface area contributed by atoms with Crippen LogP contribution < -0.4 is 60.2 Å². The lowest BCUT2D eigenvalue weighted by molar-refractivity contribution is -0.0199. The Bertz CT molecular complexity index is 6350. The third-order valence-corrected chi connectivity index (χ3v) is 26.6. The smallest absolute Gasteiger partial charge is 0.482 e. The molecule has 0 saturated carbocycles. The summed E-state index contributed by atoms with van der Waals surface area (Å²) in [7, 11) is 0. The van der Waals surface area contributed by atoms with Crippen molar-refractivity contribution in [3.05, 3.63) is 351 Å². The van der Waals surface area contributed by atoms with Crippen molar-refractivity contribution in [1.29, 1.82) is 0 Å². The molecule has 12 aliphatic rings. The summed E-state index contributed by atoms with van der Waals surface area (Å²) in [6, 6.07) is 50.1. The van der Waals surface area contributed by atoms with Crippen molar-refractivity contribution in [1.82, 2.24) is 28.7 Å². The van der Waals surface area contributed by atoms with E-state index in [0.717, 1.165) is 63.1 Å². The maximum absolute atomic E-state index is 16.0. The van der Waals surface area contributed by atoms with Crippen LogP contribution in [0.5, 0.6) is 17.2 Å². The lowest BCUT2D eigenvalue weighted by atomic mass is 9.91. The Hall–Kier alpha value is -14.0. The number of carbonyl (C=O) groups excluding carboxylic acids is 4. The molecule has 35 heteroatoms. The number of morpholine rings is 6. The maximum Gasteiger partial charge on any atom is 0.514 e. The van der Waals surface area contributed by atoms with Gasteiger partial charge in [0.25, 0.3) is 17.7 Å². The summed E-state index contributed by atoms with van der Waals surface area (Å²) in [5.41, 5.74) is 7.13. The summed E-state index contributed by atoms with van der Waals surface area (Å²) < 4.78 is 155. The molecule has 0 radical (unpaired) electrons. The average molecular weight is 1820 g/mol. The largest absolute Gasteiger partial charge is 0.514 e. The van der Waals surface area contributed by atoms with Crippen molar-refractivity contribution >= 4 is 40.9 Å². The van der Waals surface area contributed by atoms with Gasteiger partial charge in [0.2, 0.25) is 22.0 Å². The third kappa shape index (κ3) is 14.8. The first-order chi connectivity index (χ1) is 65.0. The number of carbonyl (C=O) groups is 4. The van der Waals surface area contributed by atoms with E-state index >= 15 is 13.2 Å². The molecular formula is C98H88F6N12O17. The number of nitrogens with zero attached hydrogens (tertiary/aromatic N) is 12. The number of fused-ring (bicyclic) bond motifs is 21. The molecule has 11 aromatic rings. The maximum atomic E-state index is 16.0. The molecule has 0 aliphatic carbocycles. The number of aromatic nitrogens is 3. The number of hydrogen-bond donors (Lipinski definition) is 0. The molecule has 0 bridgehead atoms. The molecule has 3 aromatic heterocycles. The summed E-state index contributed by atoms with van der Waals surface area (Å²) >= 11 is 0. The van der Waals surface area contributed by atoms with Gasteiger partial charge in [0.15, 0.2) is 63.5 Å². The van der Waals surface area contributed by atoms with Gasteiger partial charge in [-0.2, -0.15) is 0 Å². The number of ether oxygens (including phenoxy) is 10. The molecule has 23 rings (SSSR count). The molecule has 7 unspecified atom stereocenters. The Labute approximate surface area is 756 Å². The minimum Gasteiger partial charge on any atom is -0.482 e. The Balaban J connectivity index is 0.000000120. The number of halogens is 6. The van der Waals surface area contributed by atoms with Crippen molar-refractivity contribution in [2.24, 2.45) is 0 Å². The molecule has 6 fully saturated rings. The highest BCUT2D eigenvalue weighted by Crippen LogP contribution is 2.53. The van der Waals surface area contributed by atoms with Gasteiger partial charge in [0.1, 0.15) is 49.8 Å². The molecule has 8 aromatic carbocycles. The predicted octanol–water partition coefficient (Wildman–Crippen LogP) is 11.4. The number of anilines is 3. The second-order valence-electron chi connectivity index (χ2n) is 33.6. The average Bonchev–Trinajstić information content (AvgIpc) is 1.70. The number of benzene rings is 8. The fraction of sp³-hybridized carbons (Fsp3) is 0.316. The van der Waals surface area contributed by atoms with E-state index in [9.17, 15) is 46.7 Å². The summed E-state index contributed by atoms with van der Waals surface area (Å²) in [6.45, 7) is 7.05. The second-order valence-corrected chi connectivity index (χ2v) is 33.6. The molecular weight excluding hydrogens is 1730 g/mol. The van der Waals surface area contributed by atoms with E-state index in [0.29, 0.717) is 69.4 Å². The first kappa shape index (κ1) is 85.8. The fourth-order valence-corrected chi connectivity index (χ4v) is 20.8. The zero-order valence-corrected chi connectivity index (χ0v) is 71.7. The van der Waals surface area contributed by atoms with Gasteiger partial charge in [0, 0.05) is 127 Å². The second kappa shape index (κ2) is 35.6. The summed E-state index contributed by atoms with van der Waals surface area (Å²) in [5.74, 6) is -7.60. The molecule has 0 N–H and O–H groups in total. The number of amides is 3. The molecule has 3 amide bonds. The minimum atomic E-state index is -1.13. The van der Waals surface area contributed by atoms with Gasteiger partial charge in [0.05, 0.1) is 104 Å². The Morgan fingerprint density at radius 2 is 0.632 bits per heavy atom. The van der Waals surface area contributed by atoms with Gasteiger partial charge in [-0.15, -0.1) is 0 Å². The van der Waals surface area contributed by atoms with Crippen LogP contribution in [-0.2, 0) is 46.4 Å². The summed E-state index contributed by atoms with van der Waals surface area (Å²) in [5, 5.41) is 5.69. The van der Waals surface area contributed by atoms with Crippen LogP contribution in [0.25, 0.3) is 0 Å². The number of hydrogen-bond acceptors (Lipinski definition) is 23. The van der Waals surface area contributed by atoms with Crippen LogP contribution in [0.4, 0.5) is 48.2 Å². The standard InChI is InChI=1S/2C34H30F2N4O5.C30H28F2N4O7/c2*35-24-11-10-23-29(30(24)36)26-19-43-16-14-37(26)25-9-5-4-8-22(25)31(23)40-28-20-44-17-15-38(28)34(42)32-33(27(41)12-13-39(32)40)45-18-21-6-2-1-3-7-21;1-2-42-30(39)43-28-22(37)9-10-35-27(28)29(38)34-12-14-41-16-23(34)36(35)26-17-5-3-4-6-20(17)33-11-13-40-15-21(33)24-18(26)7-8-19(31)25(24)32/h2*1-13,26,28,31H,14-20H2;3-10,21,23,26H,2,11-16H2,1H3/t26?,28-,31-;;/m1../s1. The predicted molar refractivity (Wildman–Crippen MR) is 470 cm³/mol. The number of pyridine rings is 3. The Morgan fingerprint density at radius 3 is 0.962 bits per heavy atom. The monoisotopic (exact) mass is 1820 g/mol. The van der Waals surface area contributed by atoms with Crippen LogP contribution >= 0.6 is 0 Å². The summed E-state index contributed by atoms with van der Waals surface area (Å²) in [4.78, 5) is 106. The highest BCUT2D eigenvalue weighted by Gasteiger charge is 2.54. The van der Waals surface area contributed by atoms with E-state index in [-0.39, 0.29) is 143 Å². The van der Waals surface area contributed by atoms with Crippen LogP contribution in [0.2, 0.25) is 0 Å². The van der Waals surface area contributed by atoms with Crippen molar-refractivity contribution in [2.75, 3.05) is 155 Å². The first-order valence-corrected chi connectivity index (χ1v) is 44.2. The van der Waals surface area contributed by atoms with Gasteiger partial charge in [-0.1, -0.05) is 133 Å². The van der Waals surface area contributed by atoms with Gasteiger partial charge in [-0.25, -0.2) is 31.1 Å². The van der Waals surface area contributed by atoms with Crippen LogP contribution in [0.15, 0.2) is 221 Å². The molecule has 9 atom stereocenters. The third-order valence-electron chi connectivity index (χ3n) is 26.6. The summed E-state index contributed by atoms with van der Waals surface area (Å²) in [6.07, 6.45) is 1.46. The van der Waals surface area contributed by atoms with Crippen molar-refractivity contribution < 1.29 is 92.9 Å². The van der Waals surface area contributed by atoms with E-state index in [4.69, 9.17) is 47.4 Å². The lowest BCUT2D eigenvalue weighted by Crippen LogP contribution is -2.66. The van der Waals surface area contributed by atoms with E-state index in [1.165, 1.54) is 29.1 Å². The van der Waals surface area contributed by atoms with Crippen molar-refractivity contribution in [3.8, 4) is 17.2 Å². The molecule has 684 valence electrons. The van der Waals surface area contributed by atoms with Crippen LogP contribution in [0.3, 0.4) is 0 Å². The highest BCUT2D eigenvalue weighted by molar-refractivity contribution is 5.99. The van der Waals surface area contributed by atoms with E-state index in [1.807, 2.05) is 153 Å². The highest BCUT2D eigenvalue weighted by atomic mass is 19.2. The minimum absolute atomic E-state index is 0.0000527. The molecule has 0 spiro atoms. The number of rotatable bonds is 11. The van der Waals surface area contributed by atoms with Gasteiger partial charge in [-0.3, -0.25) is 57.8 Å². The Kier molecular flexibility index (Phi) is 23.0. The molecule has 6 saturated heterocycles. The quantitative estimate of drug-likeness (QED) is 0.0861. The SMILES string of the molecule is CCOC(=O)Oc1c2n(ccc1=O)N(C1c3ccccc3N3CCOCC3c3c1ccc(F)c3F)C1COCCN1C2=O.O=C1c2c(OCc3ccccc3)c(=O)ccn2N(C2c3ccccc3N3CCOCC3c3c2ccc(F)c3F)C2COCCN12.O=C1c2c(OCc3ccccc3)c(=O)ccn2N([C@@H]2c3ccccc3N3CCOCC3c3c2ccc(F)c3F)[C@@H]2COCCN12. The normalized spacial score (nSPS) is 22.2. The molecule has 15 heterocycles. The zero-order chi connectivity index (χ0) is 91.1. The molecule has 29 nitrogen and oxygen atoms in total. The number of para-hydroxylation sites is 3. The van der Waals surface area contributed by atoms with Gasteiger partial charge >= 0.3 is 6.16 Å². The van der Waals surface area contributed by atoms with Gasteiger partial charge < -0.3 is 76.8 Å². The molecule has 133 heavy (non-hydrogen) atoms. The van der Waals surface area contributed by atoms with Crippen LogP contribution in [0.1, 0.15) is 136 Å². The van der Waals surface area contributed by atoms with Gasteiger partial charge in [-0.05, 0) is 71.1 Å². The Morgan fingerprint density at radius 1 is 0.338 bits per heavy atom. The van der Waals surface area contributed by atoms with Crippen molar-refractivity contribution in [3.63, 3.8) is 0 Å². The van der Waals surface area contributed by atoms with Crippen molar-refractivity contribution in [2.45, 2.75) is 74.9 Å². The fourth-order valence-electron chi connectivity index (χ4n) is 20.8. The van der Waals surface area contributed by atoms with Crippen LogP contribution in [0, 0.1) is 34.9 Å². The van der Waals surface area contributed by atoms with E-state index in [2.05, 4.69) is 9.80 Å². The topological polar surface area (TPSA) is 256 Å². The van der Waals surface area contributed by atoms with E-state index in [1.54, 1.807) is 61.6 Å². The lowest BCUT2D eigenvalue weighted by Gasteiger charge is -2.51. The first-order valence-electron chi connectivity index (χ1n) is 44.2. The zero-order valence-electron chi connectivity index (χ0n) is 71.7.